The number of nitrogens with one attached hydrogen (secondary N) is 1. The number of rotatable bonds is 7. The molecule has 0 unspecified atom stereocenters. The number of carbonyl (C=O) groups excluding carboxylic acids is 1. The molecule has 1 saturated carbocycles. The standard InChI is InChI=1S/C18H22N2O3S/c1-3-23-14-6-4-13(5-7-14)17-20-12(2)15(24-17)16(22)19-10-18(11-21)8-9-18/h4-7,21H,3,8-11H2,1-2H3,(H,19,22). The van der Waals surface area contributed by atoms with Gasteiger partial charge in [-0.3, -0.25) is 4.79 Å². The van der Waals surface area contributed by atoms with Gasteiger partial charge in [-0.15, -0.1) is 11.3 Å². The fraction of sp³-hybridized carbons (Fsp3) is 0.444. The molecule has 1 aromatic heterocycles. The molecule has 0 atom stereocenters. The van der Waals surface area contributed by atoms with Crippen LogP contribution >= 0.6 is 11.3 Å². The molecule has 6 heteroatoms. The van der Waals surface area contributed by atoms with Crippen molar-refractivity contribution in [2.24, 2.45) is 5.41 Å². The van der Waals surface area contributed by atoms with Crippen LogP contribution in [0.3, 0.4) is 0 Å². The zero-order valence-electron chi connectivity index (χ0n) is 14.0. The molecule has 3 rings (SSSR count). The van der Waals surface area contributed by atoms with E-state index < -0.39 is 0 Å². The molecule has 1 heterocycles. The summed E-state index contributed by atoms with van der Waals surface area (Å²) < 4.78 is 5.44. The van der Waals surface area contributed by atoms with Crippen LogP contribution in [0.2, 0.25) is 0 Å². The second-order valence-electron chi connectivity index (χ2n) is 6.23. The zero-order valence-corrected chi connectivity index (χ0v) is 14.8. The van der Waals surface area contributed by atoms with Gasteiger partial charge < -0.3 is 15.2 Å². The Morgan fingerprint density at radius 1 is 1.38 bits per heavy atom. The molecule has 24 heavy (non-hydrogen) atoms. The highest BCUT2D eigenvalue weighted by Crippen LogP contribution is 2.44. The lowest BCUT2D eigenvalue weighted by molar-refractivity contribution is 0.0938. The summed E-state index contributed by atoms with van der Waals surface area (Å²) in [5, 5.41) is 13.1. The van der Waals surface area contributed by atoms with Crippen LogP contribution in [-0.2, 0) is 0 Å². The summed E-state index contributed by atoms with van der Waals surface area (Å²) >= 11 is 1.39. The number of thiazole rings is 1. The maximum Gasteiger partial charge on any atom is 0.263 e. The number of aryl methyl sites for hydroxylation is 1. The molecule has 1 fully saturated rings. The maximum absolute atomic E-state index is 12.4. The van der Waals surface area contributed by atoms with Crippen molar-refractivity contribution >= 4 is 17.2 Å². The molecule has 2 N–H and O–H groups in total. The van der Waals surface area contributed by atoms with Crippen molar-refractivity contribution in [3.8, 4) is 16.3 Å². The van der Waals surface area contributed by atoms with Crippen molar-refractivity contribution in [1.82, 2.24) is 10.3 Å². The molecule has 1 amide bonds. The van der Waals surface area contributed by atoms with E-state index in [1.54, 1.807) is 0 Å². The van der Waals surface area contributed by atoms with Crippen molar-refractivity contribution in [3.05, 3.63) is 34.8 Å². The summed E-state index contributed by atoms with van der Waals surface area (Å²) in [6.07, 6.45) is 1.95. The molecule has 5 nitrogen and oxygen atoms in total. The molecule has 0 radical (unpaired) electrons. The number of nitrogens with zero attached hydrogens (tertiary/aromatic N) is 1. The van der Waals surface area contributed by atoms with Gasteiger partial charge in [0.05, 0.1) is 18.9 Å². The average Bonchev–Trinajstić information content (AvgIpc) is 3.28. The Kier molecular flexibility index (Phi) is 4.87. The predicted molar refractivity (Wildman–Crippen MR) is 94.5 cm³/mol. The second-order valence-corrected chi connectivity index (χ2v) is 7.23. The molecule has 0 aliphatic heterocycles. The molecular formula is C18H22N2O3S. The number of aliphatic hydroxyl groups is 1. The minimum absolute atomic E-state index is 0.0911. The quantitative estimate of drug-likeness (QED) is 0.808. The summed E-state index contributed by atoms with van der Waals surface area (Å²) in [5.41, 5.74) is 1.61. The van der Waals surface area contributed by atoms with E-state index in [1.807, 2.05) is 38.1 Å². The van der Waals surface area contributed by atoms with E-state index in [2.05, 4.69) is 10.3 Å². The Hall–Kier alpha value is -1.92. The smallest absolute Gasteiger partial charge is 0.263 e. The van der Waals surface area contributed by atoms with E-state index >= 15 is 0 Å². The van der Waals surface area contributed by atoms with Gasteiger partial charge in [0.25, 0.3) is 5.91 Å². The van der Waals surface area contributed by atoms with Crippen LogP contribution in [0.4, 0.5) is 0 Å². The Morgan fingerprint density at radius 2 is 2.08 bits per heavy atom. The van der Waals surface area contributed by atoms with Crippen LogP contribution in [0.15, 0.2) is 24.3 Å². The van der Waals surface area contributed by atoms with Crippen molar-refractivity contribution in [1.29, 1.82) is 0 Å². The molecule has 1 aliphatic carbocycles. The van der Waals surface area contributed by atoms with Crippen LogP contribution in [0.5, 0.6) is 5.75 Å². The first-order valence-corrected chi connectivity index (χ1v) is 8.98. The van der Waals surface area contributed by atoms with E-state index in [9.17, 15) is 9.90 Å². The highest BCUT2D eigenvalue weighted by atomic mass is 32.1. The first kappa shape index (κ1) is 16.9. The second kappa shape index (κ2) is 6.91. The van der Waals surface area contributed by atoms with Crippen molar-refractivity contribution in [2.45, 2.75) is 26.7 Å². The van der Waals surface area contributed by atoms with Crippen LogP contribution < -0.4 is 10.1 Å². The van der Waals surface area contributed by atoms with Crippen molar-refractivity contribution in [2.75, 3.05) is 19.8 Å². The van der Waals surface area contributed by atoms with Crippen LogP contribution in [-0.4, -0.2) is 35.8 Å². The zero-order chi connectivity index (χ0) is 17.2. The summed E-state index contributed by atoms with van der Waals surface area (Å²) in [4.78, 5) is 17.6. The Balaban J connectivity index is 1.71. The third-order valence-electron chi connectivity index (χ3n) is 4.33. The van der Waals surface area contributed by atoms with E-state index in [1.165, 1.54) is 11.3 Å². The third kappa shape index (κ3) is 3.60. The number of ether oxygens (including phenoxy) is 1. The van der Waals surface area contributed by atoms with Gasteiger partial charge in [-0.1, -0.05) is 0 Å². The monoisotopic (exact) mass is 346 g/mol. The fourth-order valence-electron chi connectivity index (χ4n) is 2.51. The van der Waals surface area contributed by atoms with Crippen molar-refractivity contribution in [3.63, 3.8) is 0 Å². The van der Waals surface area contributed by atoms with Crippen LogP contribution in [0.25, 0.3) is 10.6 Å². The van der Waals surface area contributed by atoms with Gasteiger partial charge in [0, 0.05) is 17.5 Å². The molecule has 1 aromatic carbocycles. The topological polar surface area (TPSA) is 71.5 Å². The average molecular weight is 346 g/mol. The van der Waals surface area contributed by atoms with Gasteiger partial charge in [0.1, 0.15) is 15.6 Å². The van der Waals surface area contributed by atoms with Gasteiger partial charge in [-0.05, 0) is 51.0 Å². The third-order valence-corrected chi connectivity index (χ3v) is 5.54. The minimum Gasteiger partial charge on any atom is -0.494 e. The lowest BCUT2D eigenvalue weighted by atomic mass is 10.1. The molecular weight excluding hydrogens is 324 g/mol. The van der Waals surface area contributed by atoms with Gasteiger partial charge in [0.2, 0.25) is 0 Å². The lowest BCUT2D eigenvalue weighted by Crippen LogP contribution is -2.31. The largest absolute Gasteiger partial charge is 0.494 e. The SMILES string of the molecule is CCOc1ccc(-c2nc(C)c(C(=O)NCC3(CO)CC3)s2)cc1. The molecule has 0 saturated heterocycles. The molecule has 2 aromatic rings. The number of hydrogen-bond donors (Lipinski definition) is 2. The molecule has 128 valence electrons. The normalized spacial score (nSPS) is 15.1. The first-order valence-electron chi connectivity index (χ1n) is 8.16. The van der Waals surface area contributed by atoms with E-state index in [0.29, 0.717) is 18.0 Å². The Bertz CT molecular complexity index is 720. The molecule has 1 aliphatic rings. The number of benzene rings is 1. The molecule has 0 bridgehead atoms. The summed E-state index contributed by atoms with van der Waals surface area (Å²) in [6.45, 7) is 5.09. The number of amides is 1. The van der Waals surface area contributed by atoms with Crippen LogP contribution in [0, 0.1) is 12.3 Å². The summed E-state index contributed by atoms with van der Waals surface area (Å²) in [6, 6.07) is 7.73. The van der Waals surface area contributed by atoms with Gasteiger partial charge >= 0.3 is 0 Å². The van der Waals surface area contributed by atoms with E-state index in [4.69, 9.17) is 4.74 Å². The minimum atomic E-state index is -0.109. The maximum atomic E-state index is 12.4. The van der Waals surface area contributed by atoms with E-state index in [-0.39, 0.29) is 17.9 Å². The summed E-state index contributed by atoms with van der Waals surface area (Å²) in [5.74, 6) is 0.716. The highest BCUT2D eigenvalue weighted by molar-refractivity contribution is 7.17. The number of carbonyl (C=O) groups is 1. The highest BCUT2D eigenvalue weighted by Gasteiger charge is 2.42. The van der Waals surface area contributed by atoms with E-state index in [0.717, 1.165) is 34.9 Å². The Labute approximate surface area is 145 Å². The number of hydrogen-bond acceptors (Lipinski definition) is 5. The Morgan fingerprint density at radius 3 is 2.67 bits per heavy atom. The van der Waals surface area contributed by atoms with Gasteiger partial charge in [-0.25, -0.2) is 4.98 Å². The fourth-order valence-corrected chi connectivity index (χ4v) is 3.49. The summed E-state index contributed by atoms with van der Waals surface area (Å²) in [7, 11) is 0. The molecule has 0 spiro atoms. The lowest BCUT2D eigenvalue weighted by Gasteiger charge is -2.11. The van der Waals surface area contributed by atoms with Gasteiger partial charge in [-0.2, -0.15) is 0 Å². The number of aromatic nitrogens is 1. The van der Waals surface area contributed by atoms with Gasteiger partial charge in [0.15, 0.2) is 0 Å². The number of aliphatic hydroxyl groups excluding tert-OH is 1. The van der Waals surface area contributed by atoms with Crippen molar-refractivity contribution < 1.29 is 14.6 Å². The first-order chi connectivity index (χ1) is 11.6. The predicted octanol–water partition coefficient (Wildman–Crippen LogP) is 3.02. The van der Waals surface area contributed by atoms with Crippen LogP contribution in [0.1, 0.15) is 35.1 Å².